The maximum absolute atomic E-state index is 11.1. The number of nitrogens with one attached hydrogen (secondary N) is 1. The molecular weight excluding hydrogens is 250 g/mol. The fourth-order valence-corrected chi connectivity index (χ4v) is 1.84. The van der Waals surface area contributed by atoms with E-state index in [1.807, 2.05) is 13.8 Å². The third kappa shape index (κ3) is 3.08. The Bertz CT molecular complexity index is 465. The van der Waals surface area contributed by atoms with Gasteiger partial charge in [0.15, 0.2) is 0 Å². The van der Waals surface area contributed by atoms with Gasteiger partial charge in [0, 0.05) is 0 Å². The van der Waals surface area contributed by atoms with E-state index >= 15 is 0 Å². The Morgan fingerprint density at radius 3 is 2.42 bits per heavy atom. The van der Waals surface area contributed by atoms with Crippen molar-refractivity contribution < 1.29 is 10.0 Å². The van der Waals surface area contributed by atoms with E-state index in [0.717, 1.165) is 0 Å². The van der Waals surface area contributed by atoms with Crippen LogP contribution >= 0.6 is 0 Å². The Labute approximate surface area is 111 Å². The third-order valence-electron chi connectivity index (χ3n) is 3.30. The van der Waals surface area contributed by atoms with Crippen LogP contribution in [0.1, 0.15) is 32.4 Å². The second kappa shape index (κ2) is 5.79. The second-order valence-electron chi connectivity index (χ2n) is 4.39. The largest absolute Gasteiger partial charge is 0.394 e. The molecule has 0 amide bonds. The number of aryl methyl sites for hydroxylation is 1. The number of aliphatic hydroxyl groups excluding tert-OH is 1. The number of nitrogens with two attached hydrogens (primary N) is 1. The van der Waals surface area contributed by atoms with Gasteiger partial charge in [0.05, 0.1) is 17.1 Å². The van der Waals surface area contributed by atoms with E-state index in [2.05, 4.69) is 15.3 Å². The summed E-state index contributed by atoms with van der Waals surface area (Å²) in [5, 5.41) is 23.5. The molecule has 0 unspecified atom stereocenters. The van der Waals surface area contributed by atoms with Crippen LogP contribution in [0.2, 0.25) is 0 Å². The molecule has 106 valence electrons. The molecule has 8 nitrogen and oxygen atoms in total. The molecule has 1 rings (SSSR count). The van der Waals surface area contributed by atoms with Gasteiger partial charge in [-0.05, 0) is 19.8 Å². The summed E-state index contributed by atoms with van der Waals surface area (Å²) in [6, 6.07) is 0. The van der Waals surface area contributed by atoms with Crippen molar-refractivity contribution in [2.75, 3.05) is 17.7 Å². The Kier molecular flexibility index (Phi) is 4.60. The topological polar surface area (TPSA) is 127 Å². The number of rotatable bonds is 6. The predicted octanol–water partition coefficient (Wildman–Crippen LogP) is 1.24. The lowest BCUT2D eigenvalue weighted by Crippen LogP contribution is -2.41. The minimum atomic E-state index is -0.655. The van der Waals surface area contributed by atoms with E-state index in [-0.39, 0.29) is 29.8 Å². The number of nitrogen functional groups attached to an aromatic ring is 1. The molecule has 0 spiro atoms. The smallest absolute Gasteiger partial charge is 0.332 e. The van der Waals surface area contributed by atoms with Crippen molar-refractivity contribution in [3.63, 3.8) is 0 Å². The zero-order valence-electron chi connectivity index (χ0n) is 11.3. The number of nitro groups is 1. The Morgan fingerprint density at radius 2 is 2.00 bits per heavy atom. The average Bonchev–Trinajstić information content (AvgIpc) is 2.34. The normalized spacial score (nSPS) is 11.4. The lowest BCUT2D eigenvalue weighted by atomic mass is 9.94. The lowest BCUT2D eigenvalue weighted by molar-refractivity contribution is -0.385. The Hall–Kier alpha value is -1.96. The summed E-state index contributed by atoms with van der Waals surface area (Å²) in [6.07, 6.45) is 1.19. The molecule has 0 saturated heterocycles. The van der Waals surface area contributed by atoms with Crippen molar-refractivity contribution in [1.82, 2.24) is 9.97 Å². The first-order chi connectivity index (χ1) is 8.89. The highest BCUT2D eigenvalue weighted by molar-refractivity contribution is 5.61. The van der Waals surface area contributed by atoms with Gasteiger partial charge in [0.25, 0.3) is 0 Å². The summed E-state index contributed by atoms with van der Waals surface area (Å²) in [6.45, 7) is 5.12. The molecule has 0 fully saturated rings. The van der Waals surface area contributed by atoms with E-state index in [1.165, 1.54) is 6.92 Å². The van der Waals surface area contributed by atoms with Crippen molar-refractivity contribution in [1.29, 1.82) is 0 Å². The number of hydrogen-bond acceptors (Lipinski definition) is 7. The summed E-state index contributed by atoms with van der Waals surface area (Å²) >= 11 is 0. The van der Waals surface area contributed by atoms with Gasteiger partial charge in [-0.3, -0.25) is 10.1 Å². The van der Waals surface area contributed by atoms with Gasteiger partial charge in [-0.2, -0.15) is 4.98 Å². The summed E-state index contributed by atoms with van der Waals surface area (Å²) in [5.41, 5.74) is 4.85. The maximum atomic E-state index is 11.1. The fourth-order valence-electron chi connectivity index (χ4n) is 1.84. The molecule has 0 aliphatic heterocycles. The van der Waals surface area contributed by atoms with Gasteiger partial charge in [-0.1, -0.05) is 13.8 Å². The van der Waals surface area contributed by atoms with Gasteiger partial charge in [0.1, 0.15) is 5.69 Å². The molecule has 0 aromatic carbocycles. The zero-order valence-corrected chi connectivity index (χ0v) is 11.3. The number of aliphatic hydroxyl groups is 1. The van der Waals surface area contributed by atoms with Crippen molar-refractivity contribution in [2.45, 2.75) is 39.2 Å². The second-order valence-corrected chi connectivity index (χ2v) is 4.39. The van der Waals surface area contributed by atoms with Crippen molar-refractivity contribution >= 4 is 17.5 Å². The molecule has 0 aliphatic carbocycles. The van der Waals surface area contributed by atoms with Gasteiger partial charge in [-0.25, -0.2) is 4.98 Å². The molecule has 0 saturated carbocycles. The van der Waals surface area contributed by atoms with E-state index in [4.69, 9.17) is 5.73 Å². The van der Waals surface area contributed by atoms with Crippen molar-refractivity contribution in [3.8, 4) is 0 Å². The standard InChI is InChI=1S/C11H19N5O3/c1-4-11(5-2,6-17)15-9-8(16(18)19)7(3)13-10(12)14-9/h17H,4-6H2,1-3H3,(H3,12,13,14,15). The molecule has 0 bridgehead atoms. The first kappa shape index (κ1) is 15.1. The fraction of sp³-hybridized carbons (Fsp3) is 0.636. The van der Waals surface area contributed by atoms with Crippen LogP contribution in [0.5, 0.6) is 0 Å². The SMILES string of the molecule is CCC(CC)(CO)Nc1nc(N)nc(C)c1[N+](=O)[O-]. The molecular formula is C11H19N5O3. The highest BCUT2D eigenvalue weighted by atomic mass is 16.6. The number of anilines is 2. The predicted molar refractivity (Wildman–Crippen MR) is 71.9 cm³/mol. The number of hydrogen-bond donors (Lipinski definition) is 3. The van der Waals surface area contributed by atoms with Crippen LogP contribution in [-0.2, 0) is 0 Å². The van der Waals surface area contributed by atoms with Gasteiger partial charge in [0.2, 0.25) is 11.8 Å². The number of nitrogens with zero attached hydrogens (tertiary/aromatic N) is 3. The molecule has 0 atom stereocenters. The zero-order chi connectivity index (χ0) is 14.6. The molecule has 1 aromatic heterocycles. The Morgan fingerprint density at radius 1 is 1.42 bits per heavy atom. The highest BCUT2D eigenvalue weighted by Crippen LogP contribution is 2.30. The lowest BCUT2D eigenvalue weighted by Gasteiger charge is -2.31. The molecule has 1 heterocycles. The summed E-state index contributed by atoms with van der Waals surface area (Å²) in [7, 11) is 0. The van der Waals surface area contributed by atoms with Crippen LogP contribution in [-0.4, -0.2) is 32.1 Å². The van der Waals surface area contributed by atoms with Crippen LogP contribution in [0.15, 0.2) is 0 Å². The van der Waals surface area contributed by atoms with Gasteiger partial charge in [-0.15, -0.1) is 0 Å². The molecule has 1 aromatic rings. The van der Waals surface area contributed by atoms with Crippen LogP contribution in [0.4, 0.5) is 17.5 Å². The van der Waals surface area contributed by atoms with E-state index < -0.39 is 10.5 Å². The summed E-state index contributed by atoms with van der Waals surface area (Å²) < 4.78 is 0. The average molecular weight is 269 g/mol. The quantitative estimate of drug-likeness (QED) is 0.523. The highest BCUT2D eigenvalue weighted by Gasteiger charge is 2.30. The van der Waals surface area contributed by atoms with E-state index in [1.54, 1.807) is 0 Å². The molecule has 8 heteroatoms. The monoisotopic (exact) mass is 269 g/mol. The molecule has 0 aliphatic rings. The summed E-state index contributed by atoms with van der Waals surface area (Å²) in [5.74, 6) is 0.0115. The maximum Gasteiger partial charge on any atom is 0.332 e. The minimum Gasteiger partial charge on any atom is -0.394 e. The van der Waals surface area contributed by atoms with Gasteiger partial charge < -0.3 is 16.2 Å². The van der Waals surface area contributed by atoms with Crippen molar-refractivity contribution in [3.05, 3.63) is 15.8 Å². The van der Waals surface area contributed by atoms with Crippen LogP contribution in [0, 0.1) is 17.0 Å². The third-order valence-corrected chi connectivity index (χ3v) is 3.30. The minimum absolute atomic E-state index is 0.0374. The Balaban J connectivity index is 3.30. The van der Waals surface area contributed by atoms with E-state index in [0.29, 0.717) is 12.8 Å². The first-order valence-electron chi connectivity index (χ1n) is 6.06. The van der Waals surface area contributed by atoms with Crippen LogP contribution in [0.25, 0.3) is 0 Å². The van der Waals surface area contributed by atoms with Crippen LogP contribution < -0.4 is 11.1 Å². The molecule has 19 heavy (non-hydrogen) atoms. The van der Waals surface area contributed by atoms with Crippen LogP contribution in [0.3, 0.4) is 0 Å². The first-order valence-corrected chi connectivity index (χ1v) is 6.06. The van der Waals surface area contributed by atoms with Gasteiger partial charge >= 0.3 is 5.69 Å². The summed E-state index contributed by atoms with van der Waals surface area (Å²) in [4.78, 5) is 18.2. The number of aromatic nitrogens is 2. The molecule has 4 N–H and O–H groups in total. The van der Waals surface area contributed by atoms with Crippen molar-refractivity contribution in [2.24, 2.45) is 0 Å². The molecule has 0 radical (unpaired) electrons. The van der Waals surface area contributed by atoms with E-state index in [9.17, 15) is 15.2 Å².